The van der Waals surface area contributed by atoms with Gasteiger partial charge in [-0.25, -0.2) is 0 Å². The average molecular weight is 303 g/mol. The van der Waals surface area contributed by atoms with Gasteiger partial charge in [-0.15, -0.1) is 0 Å². The molecule has 0 fully saturated rings. The van der Waals surface area contributed by atoms with Crippen LogP contribution in [0.3, 0.4) is 0 Å². The Bertz CT molecular complexity index is 549. The van der Waals surface area contributed by atoms with Gasteiger partial charge < -0.3 is 10.4 Å². The van der Waals surface area contributed by atoms with Gasteiger partial charge in [0.15, 0.2) is 5.75 Å². The minimum atomic E-state index is -0.110. The average Bonchev–Trinajstić information content (AvgIpc) is 2.35. The molecule has 2 aromatic carbocycles. The van der Waals surface area contributed by atoms with Crippen LogP contribution in [0.5, 0.6) is 5.75 Å². The molecule has 2 nitrogen and oxygen atoms in total. The van der Waals surface area contributed by atoms with E-state index in [1.54, 1.807) is 12.1 Å². The summed E-state index contributed by atoms with van der Waals surface area (Å²) in [6.07, 6.45) is 0. The summed E-state index contributed by atoms with van der Waals surface area (Å²) in [4.78, 5) is 0. The molecule has 0 aromatic heterocycles. The van der Waals surface area contributed by atoms with Crippen molar-refractivity contribution in [3.8, 4) is 5.75 Å². The maximum absolute atomic E-state index is 9.45. The van der Waals surface area contributed by atoms with Crippen molar-refractivity contribution in [1.82, 2.24) is 0 Å². The Labute approximate surface area is 120 Å². The van der Waals surface area contributed by atoms with Crippen LogP contribution in [0.25, 0.3) is 0 Å². The number of hydrogen-bond acceptors (Lipinski definition) is 2. The molecule has 0 atom stereocenters. The van der Waals surface area contributed by atoms with Gasteiger partial charge in [-0.2, -0.15) is 0 Å². The third kappa shape index (κ3) is 3.02. The highest BCUT2D eigenvalue weighted by molar-refractivity contribution is 6.37. The van der Waals surface area contributed by atoms with Crippen LogP contribution in [0.1, 0.15) is 5.56 Å². The van der Waals surface area contributed by atoms with Crippen LogP contribution in [0, 0.1) is 0 Å². The molecule has 2 aromatic rings. The molecule has 0 aliphatic carbocycles. The van der Waals surface area contributed by atoms with Gasteiger partial charge in [0.25, 0.3) is 0 Å². The van der Waals surface area contributed by atoms with E-state index in [-0.39, 0.29) is 15.8 Å². The van der Waals surface area contributed by atoms with E-state index >= 15 is 0 Å². The van der Waals surface area contributed by atoms with Crippen LogP contribution in [0.2, 0.25) is 15.1 Å². The molecule has 0 heterocycles. The summed E-state index contributed by atoms with van der Waals surface area (Å²) < 4.78 is 0. The van der Waals surface area contributed by atoms with Crippen molar-refractivity contribution in [2.75, 3.05) is 5.32 Å². The fourth-order valence-corrected chi connectivity index (χ4v) is 2.20. The van der Waals surface area contributed by atoms with E-state index in [1.165, 1.54) is 0 Å². The molecule has 0 amide bonds. The molecule has 0 saturated heterocycles. The normalized spacial score (nSPS) is 10.4. The zero-order valence-corrected chi connectivity index (χ0v) is 11.5. The molecular formula is C13H10Cl3NO. The highest BCUT2D eigenvalue weighted by Crippen LogP contribution is 2.34. The minimum Gasteiger partial charge on any atom is -0.505 e. The van der Waals surface area contributed by atoms with E-state index in [4.69, 9.17) is 34.8 Å². The van der Waals surface area contributed by atoms with Crippen molar-refractivity contribution >= 4 is 40.5 Å². The van der Waals surface area contributed by atoms with Gasteiger partial charge in [0, 0.05) is 17.3 Å². The number of aromatic hydroxyl groups is 1. The lowest BCUT2D eigenvalue weighted by atomic mass is 10.2. The van der Waals surface area contributed by atoms with Gasteiger partial charge in [-0.1, -0.05) is 53.0 Å². The van der Waals surface area contributed by atoms with E-state index in [0.29, 0.717) is 11.6 Å². The molecule has 0 radical (unpaired) electrons. The second kappa shape index (κ2) is 5.70. The zero-order chi connectivity index (χ0) is 13.1. The molecule has 5 heteroatoms. The molecule has 2 rings (SSSR count). The number of benzene rings is 2. The molecule has 0 bridgehead atoms. The predicted octanol–water partition coefficient (Wildman–Crippen LogP) is 4.96. The van der Waals surface area contributed by atoms with Crippen molar-refractivity contribution in [3.63, 3.8) is 0 Å². The SMILES string of the molecule is Oc1c(Cl)cc(NCc2ccccc2Cl)cc1Cl. The van der Waals surface area contributed by atoms with Gasteiger partial charge in [-0.3, -0.25) is 0 Å². The smallest absolute Gasteiger partial charge is 0.152 e. The number of halogens is 3. The Kier molecular flexibility index (Phi) is 4.23. The monoisotopic (exact) mass is 301 g/mol. The Balaban J connectivity index is 2.14. The van der Waals surface area contributed by atoms with E-state index < -0.39 is 0 Å². The van der Waals surface area contributed by atoms with Gasteiger partial charge in [0.2, 0.25) is 0 Å². The molecule has 18 heavy (non-hydrogen) atoms. The van der Waals surface area contributed by atoms with Gasteiger partial charge in [0.05, 0.1) is 10.0 Å². The Morgan fingerprint density at radius 3 is 2.17 bits per heavy atom. The topological polar surface area (TPSA) is 32.3 Å². The van der Waals surface area contributed by atoms with Crippen LogP contribution in [-0.2, 0) is 6.54 Å². The molecular weight excluding hydrogens is 293 g/mol. The van der Waals surface area contributed by atoms with Gasteiger partial charge in [0.1, 0.15) is 0 Å². The predicted molar refractivity (Wildman–Crippen MR) is 76.9 cm³/mol. The van der Waals surface area contributed by atoms with E-state index in [9.17, 15) is 5.11 Å². The fraction of sp³-hybridized carbons (Fsp3) is 0.0769. The lowest BCUT2D eigenvalue weighted by Gasteiger charge is -2.10. The molecule has 0 unspecified atom stereocenters. The third-order valence-corrected chi connectivity index (χ3v) is 3.40. The molecule has 0 saturated carbocycles. The number of phenols is 1. The van der Waals surface area contributed by atoms with Crippen LogP contribution in [0.4, 0.5) is 5.69 Å². The quantitative estimate of drug-likeness (QED) is 0.785. The summed E-state index contributed by atoms with van der Waals surface area (Å²) in [6, 6.07) is 10.8. The van der Waals surface area contributed by atoms with Crippen molar-refractivity contribution in [3.05, 3.63) is 57.0 Å². The van der Waals surface area contributed by atoms with Gasteiger partial charge in [-0.05, 0) is 23.8 Å². The minimum absolute atomic E-state index is 0.110. The highest BCUT2D eigenvalue weighted by atomic mass is 35.5. The van der Waals surface area contributed by atoms with Crippen molar-refractivity contribution in [1.29, 1.82) is 0 Å². The van der Waals surface area contributed by atoms with Crippen molar-refractivity contribution < 1.29 is 5.11 Å². The lowest BCUT2D eigenvalue weighted by Crippen LogP contribution is -1.99. The number of anilines is 1. The van der Waals surface area contributed by atoms with Crippen LogP contribution in [0.15, 0.2) is 36.4 Å². The maximum atomic E-state index is 9.45. The summed E-state index contributed by atoms with van der Waals surface area (Å²) >= 11 is 17.7. The molecule has 0 spiro atoms. The molecule has 0 aliphatic heterocycles. The standard InChI is InChI=1S/C13H10Cl3NO/c14-10-4-2-1-3-8(10)7-17-9-5-11(15)13(18)12(16)6-9/h1-6,17-18H,7H2. The zero-order valence-electron chi connectivity index (χ0n) is 9.25. The van der Waals surface area contributed by atoms with Crippen LogP contribution in [-0.4, -0.2) is 5.11 Å². The van der Waals surface area contributed by atoms with Crippen molar-refractivity contribution in [2.45, 2.75) is 6.54 Å². The van der Waals surface area contributed by atoms with Crippen LogP contribution < -0.4 is 5.32 Å². The third-order valence-electron chi connectivity index (χ3n) is 2.46. The van der Waals surface area contributed by atoms with Gasteiger partial charge >= 0.3 is 0 Å². The van der Waals surface area contributed by atoms with E-state index in [2.05, 4.69) is 5.32 Å². The summed E-state index contributed by atoms with van der Waals surface area (Å²) in [5.41, 5.74) is 1.70. The maximum Gasteiger partial charge on any atom is 0.152 e. The summed E-state index contributed by atoms with van der Waals surface area (Å²) in [5.74, 6) is -0.110. The number of rotatable bonds is 3. The van der Waals surface area contributed by atoms with E-state index in [0.717, 1.165) is 11.3 Å². The first-order chi connectivity index (χ1) is 8.58. The number of hydrogen-bond donors (Lipinski definition) is 2. The first kappa shape index (κ1) is 13.3. The van der Waals surface area contributed by atoms with Crippen LogP contribution >= 0.6 is 34.8 Å². The highest BCUT2D eigenvalue weighted by Gasteiger charge is 2.06. The first-order valence-electron chi connectivity index (χ1n) is 5.23. The Hall–Kier alpha value is -1.09. The first-order valence-corrected chi connectivity index (χ1v) is 6.36. The molecule has 0 aliphatic rings. The molecule has 94 valence electrons. The summed E-state index contributed by atoms with van der Waals surface area (Å²) in [7, 11) is 0. The largest absolute Gasteiger partial charge is 0.505 e. The number of nitrogens with one attached hydrogen (secondary N) is 1. The Morgan fingerprint density at radius 2 is 1.56 bits per heavy atom. The lowest BCUT2D eigenvalue weighted by molar-refractivity contribution is 0.476. The second-order valence-electron chi connectivity index (χ2n) is 3.73. The van der Waals surface area contributed by atoms with E-state index in [1.807, 2.05) is 24.3 Å². The van der Waals surface area contributed by atoms with Crippen molar-refractivity contribution in [2.24, 2.45) is 0 Å². The molecule has 2 N–H and O–H groups in total. The fourth-order valence-electron chi connectivity index (χ4n) is 1.51. The Morgan fingerprint density at radius 1 is 0.944 bits per heavy atom. The number of phenolic OH excluding ortho intramolecular Hbond substituents is 1. The second-order valence-corrected chi connectivity index (χ2v) is 4.96. The summed E-state index contributed by atoms with van der Waals surface area (Å²) in [6.45, 7) is 0.553. The summed E-state index contributed by atoms with van der Waals surface area (Å²) in [5, 5.41) is 13.7.